The smallest absolute Gasteiger partial charge is 0.256 e. The molecule has 0 unspecified atom stereocenters. The number of carbonyl (C=O) groups is 2. The molecule has 2 aromatic rings. The van der Waals surface area contributed by atoms with Gasteiger partial charge in [-0.2, -0.15) is 0 Å². The van der Waals surface area contributed by atoms with E-state index in [1.165, 1.54) is 25.7 Å². The summed E-state index contributed by atoms with van der Waals surface area (Å²) in [5.74, 6) is -0.101. The van der Waals surface area contributed by atoms with Gasteiger partial charge in [-0.05, 0) is 31.7 Å². The second-order valence-corrected chi connectivity index (χ2v) is 8.11. The Hall–Kier alpha value is -2.44. The molecule has 5 rings (SSSR count). The Morgan fingerprint density at radius 2 is 1.93 bits per heavy atom. The molecule has 0 bridgehead atoms. The Labute approximate surface area is 158 Å². The van der Waals surface area contributed by atoms with Crippen molar-refractivity contribution in [3.05, 3.63) is 24.2 Å². The minimum absolute atomic E-state index is 0.000788. The maximum Gasteiger partial charge on any atom is 0.256 e. The number of amides is 2. The largest absolute Gasteiger partial charge is 0.352 e. The maximum atomic E-state index is 13.3. The third-order valence-corrected chi connectivity index (χ3v) is 6.61. The fraction of sp³-hybridized carbons (Fsp3) is 0.600. The van der Waals surface area contributed by atoms with Crippen LogP contribution < -0.4 is 5.32 Å². The highest BCUT2D eigenvalue weighted by Gasteiger charge is 2.50. The van der Waals surface area contributed by atoms with Crippen molar-refractivity contribution in [1.29, 1.82) is 0 Å². The van der Waals surface area contributed by atoms with Crippen molar-refractivity contribution in [2.24, 2.45) is 0 Å². The van der Waals surface area contributed by atoms with E-state index >= 15 is 0 Å². The maximum absolute atomic E-state index is 13.3. The van der Waals surface area contributed by atoms with E-state index in [1.54, 1.807) is 11.1 Å². The molecular weight excluding hydrogens is 342 g/mol. The lowest BCUT2D eigenvalue weighted by Crippen LogP contribution is -2.65. The number of pyridine rings is 1. The first kappa shape index (κ1) is 16.7. The summed E-state index contributed by atoms with van der Waals surface area (Å²) in [4.78, 5) is 36.8. The number of hydrogen-bond donors (Lipinski definition) is 1. The van der Waals surface area contributed by atoms with Gasteiger partial charge in [-0.15, -0.1) is 0 Å². The molecule has 0 atom stereocenters. The first-order valence-corrected chi connectivity index (χ1v) is 10.1. The standard InChI is InChI=1S/C20H25N5O2/c26-18(25-10-9-21-19(27)20(25)7-3-4-8-20)14-11-16-17(22-12-14)24(13-23-16)15-5-1-2-6-15/h11-13,15H,1-10H2,(H,21,27). The highest BCUT2D eigenvalue weighted by Crippen LogP contribution is 2.38. The summed E-state index contributed by atoms with van der Waals surface area (Å²) >= 11 is 0. The lowest BCUT2D eigenvalue weighted by molar-refractivity contribution is -0.134. The van der Waals surface area contributed by atoms with E-state index in [0.29, 0.717) is 24.7 Å². The van der Waals surface area contributed by atoms with Crippen LogP contribution in [0.2, 0.25) is 0 Å². The van der Waals surface area contributed by atoms with Gasteiger partial charge in [0.25, 0.3) is 5.91 Å². The molecule has 7 heteroatoms. The first-order chi connectivity index (χ1) is 13.2. The van der Waals surface area contributed by atoms with Crippen LogP contribution in [0.3, 0.4) is 0 Å². The molecule has 142 valence electrons. The number of piperazine rings is 1. The normalized spacial score (nSPS) is 22.7. The molecule has 2 saturated carbocycles. The molecule has 1 spiro atoms. The third kappa shape index (κ3) is 2.55. The molecule has 0 radical (unpaired) electrons. The van der Waals surface area contributed by atoms with Crippen LogP contribution in [-0.4, -0.2) is 49.9 Å². The second-order valence-electron chi connectivity index (χ2n) is 8.11. The molecule has 2 aliphatic carbocycles. The van der Waals surface area contributed by atoms with Crippen LogP contribution in [0, 0.1) is 0 Å². The van der Waals surface area contributed by atoms with Crippen molar-refractivity contribution in [3.63, 3.8) is 0 Å². The Kier molecular flexibility index (Phi) is 3.91. The molecule has 27 heavy (non-hydrogen) atoms. The van der Waals surface area contributed by atoms with Gasteiger partial charge in [0.05, 0.1) is 11.9 Å². The quantitative estimate of drug-likeness (QED) is 0.884. The second kappa shape index (κ2) is 6.32. The molecule has 0 aromatic carbocycles. The summed E-state index contributed by atoms with van der Waals surface area (Å²) in [6, 6.07) is 2.31. The third-order valence-electron chi connectivity index (χ3n) is 6.61. The van der Waals surface area contributed by atoms with Gasteiger partial charge < -0.3 is 14.8 Å². The summed E-state index contributed by atoms with van der Waals surface area (Å²) in [5.41, 5.74) is 1.47. The van der Waals surface area contributed by atoms with E-state index in [1.807, 2.05) is 12.4 Å². The van der Waals surface area contributed by atoms with Gasteiger partial charge in [-0.3, -0.25) is 9.59 Å². The fourth-order valence-corrected chi connectivity index (χ4v) is 5.18. The van der Waals surface area contributed by atoms with Crippen LogP contribution in [0.4, 0.5) is 0 Å². The van der Waals surface area contributed by atoms with Crippen LogP contribution in [0.25, 0.3) is 11.2 Å². The summed E-state index contributed by atoms with van der Waals surface area (Å²) in [7, 11) is 0. The monoisotopic (exact) mass is 367 g/mol. The van der Waals surface area contributed by atoms with Crippen molar-refractivity contribution in [2.75, 3.05) is 13.1 Å². The van der Waals surface area contributed by atoms with Gasteiger partial charge in [0.15, 0.2) is 5.65 Å². The topological polar surface area (TPSA) is 80.1 Å². The molecule has 2 amide bonds. The zero-order chi connectivity index (χ0) is 18.4. The zero-order valence-corrected chi connectivity index (χ0v) is 15.5. The number of imidazole rings is 1. The van der Waals surface area contributed by atoms with Crippen molar-refractivity contribution in [3.8, 4) is 0 Å². The van der Waals surface area contributed by atoms with Gasteiger partial charge in [0.2, 0.25) is 5.91 Å². The lowest BCUT2D eigenvalue weighted by atomic mass is 9.91. The Morgan fingerprint density at radius 1 is 1.15 bits per heavy atom. The number of nitrogens with zero attached hydrogens (tertiary/aromatic N) is 4. The number of rotatable bonds is 2. The van der Waals surface area contributed by atoms with Crippen LogP contribution in [0.15, 0.2) is 18.6 Å². The summed E-state index contributed by atoms with van der Waals surface area (Å²) in [6.07, 6.45) is 11.8. The van der Waals surface area contributed by atoms with Gasteiger partial charge in [-0.1, -0.05) is 25.7 Å². The van der Waals surface area contributed by atoms with Gasteiger partial charge >= 0.3 is 0 Å². The zero-order valence-electron chi connectivity index (χ0n) is 15.5. The predicted molar refractivity (Wildman–Crippen MR) is 100 cm³/mol. The minimum Gasteiger partial charge on any atom is -0.352 e. The molecule has 1 saturated heterocycles. The van der Waals surface area contributed by atoms with E-state index < -0.39 is 5.54 Å². The average Bonchev–Trinajstić information content (AvgIpc) is 3.43. The molecule has 3 heterocycles. The molecule has 1 aliphatic heterocycles. The summed E-state index contributed by atoms with van der Waals surface area (Å²) in [5, 5.41) is 2.95. The Bertz CT molecular complexity index is 893. The van der Waals surface area contributed by atoms with Crippen molar-refractivity contribution in [1.82, 2.24) is 24.8 Å². The highest BCUT2D eigenvalue weighted by molar-refractivity contribution is 6.01. The van der Waals surface area contributed by atoms with Gasteiger partial charge in [0, 0.05) is 25.3 Å². The van der Waals surface area contributed by atoms with Crippen LogP contribution in [0.1, 0.15) is 67.8 Å². The SMILES string of the molecule is O=C(c1cnc2c(c1)ncn2C1CCCC1)N1CCNC(=O)C12CCCC2. The van der Waals surface area contributed by atoms with Crippen LogP contribution in [0.5, 0.6) is 0 Å². The lowest BCUT2D eigenvalue weighted by Gasteiger charge is -2.43. The highest BCUT2D eigenvalue weighted by atomic mass is 16.2. The number of hydrogen-bond acceptors (Lipinski definition) is 4. The number of nitrogens with one attached hydrogen (secondary N) is 1. The van der Waals surface area contributed by atoms with E-state index in [9.17, 15) is 9.59 Å². The minimum atomic E-state index is -0.673. The van der Waals surface area contributed by atoms with E-state index in [-0.39, 0.29) is 11.8 Å². The molecule has 3 fully saturated rings. The van der Waals surface area contributed by atoms with Crippen molar-refractivity contribution < 1.29 is 9.59 Å². The van der Waals surface area contributed by atoms with Gasteiger partial charge in [0.1, 0.15) is 11.1 Å². The molecule has 1 N–H and O–H groups in total. The van der Waals surface area contributed by atoms with Crippen LogP contribution >= 0.6 is 0 Å². The van der Waals surface area contributed by atoms with Crippen molar-refractivity contribution >= 4 is 23.0 Å². The molecule has 3 aliphatic rings. The number of carbonyl (C=O) groups excluding carboxylic acids is 2. The molecule has 7 nitrogen and oxygen atoms in total. The van der Waals surface area contributed by atoms with Crippen LogP contribution in [-0.2, 0) is 4.79 Å². The average molecular weight is 367 g/mol. The van der Waals surface area contributed by atoms with E-state index in [4.69, 9.17) is 0 Å². The van der Waals surface area contributed by atoms with Crippen molar-refractivity contribution in [2.45, 2.75) is 62.9 Å². The Morgan fingerprint density at radius 3 is 2.70 bits per heavy atom. The first-order valence-electron chi connectivity index (χ1n) is 10.1. The van der Waals surface area contributed by atoms with Gasteiger partial charge in [-0.25, -0.2) is 9.97 Å². The predicted octanol–water partition coefficient (Wildman–Crippen LogP) is 2.43. The Balaban J connectivity index is 1.47. The molecule has 2 aromatic heterocycles. The number of fused-ring (bicyclic) bond motifs is 1. The molecular formula is C20H25N5O2. The summed E-state index contributed by atoms with van der Waals surface area (Å²) < 4.78 is 2.16. The number of aromatic nitrogens is 3. The summed E-state index contributed by atoms with van der Waals surface area (Å²) in [6.45, 7) is 1.07. The fourth-order valence-electron chi connectivity index (χ4n) is 5.18. The van der Waals surface area contributed by atoms with E-state index in [0.717, 1.165) is 36.8 Å². The van der Waals surface area contributed by atoms with E-state index in [2.05, 4.69) is 19.9 Å².